The summed E-state index contributed by atoms with van der Waals surface area (Å²) >= 11 is 5.62. The number of benzene rings is 1. The molecule has 1 fully saturated rings. The van der Waals surface area contributed by atoms with E-state index in [0.717, 1.165) is 18.9 Å². The van der Waals surface area contributed by atoms with E-state index in [1.807, 2.05) is 0 Å². The number of nitrogens with zero attached hydrogens (tertiary/aromatic N) is 1. The summed E-state index contributed by atoms with van der Waals surface area (Å²) in [5.74, 6) is -1.87. The van der Waals surface area contributed by atoms with E-state index in [-0.39, 0.29) is 30.1 Å². The van der Waals surface area contributed by atoms with Gasteiger partial charge in [0, 0.05) is 11.7 Å². The molecule has 5 nitrogen and oxygen atoms in total. The number of carbonyl (C=O) groups excluding carboxylic acids is 1. The predicted octanol–water partition coefficient (Wildman–Crippen LogP) is 1.97. The number of carboxylic acids is 1. The topological polar surface area (TPSA) is 69.6 Å². The van der Waals surface area contributed by atoms with Crippen molar-refractivity contribution in [3.8, 4) is 0 Å². The molecule has 0 heterocycles. The molecule has 7 heteroatoms. The van der Waals surface area contributed by atoms with Crippen LogP contribution in [0, 0.1) is 5.82 Å². The lowest BCUT2D eigenvalue weighted by Crippen LogP contribution is -2.38. The van der Waals surface area contributed by atoms with Crippen LogP contribution in [0.5, 0.6) is 0 Å². The molecule has 1 aromatic rings. The molecule has 1 saturated carbocycles. The van der Waals surface area contributed by atoms with Crippen LogP contribution in [-0.4, -0.2) is 41.0 Å². The van der Waals surface area contributed by atoms with Crippen LogP contribution in [0.25, 0.3) is 0 Å². The maximum Gasteiger partial charge on any atom is 0.317 e. The predicted molar refractivity (Wildman–Crippen MR) is 72.3 cm³/mol. The summed E-state index contributed by atoms with van der Waals surface area (Å²) in [5, 5.41) is 11.3. The number of amides is 1. The van der Waals surface area contributed by atoms with Crippen molar-refractivity contribution in [3.63, 3.8) is 0 Å². The van der Waals surface area contributed by atoms with Crippen molar-refractivity contribution in [1.29, 1.82) is 0 Å². The van der Waals surface area contributed by atoms with E-state index >= 15 is 0 Å². The summed E-state index contributed by atoms with van der Waals surface area (Å²) in [6.45, 7) is -0.172. The molecular weight excluding hydrogens is 287 g/mol. The zero-order chi connectivity index (χ0) is 14.7. The summed E-state index contributed by atoms with van der Waals surface area (Å²) in [4.78, 5) is 24.2. The fourth-order valence-electron chi connectivity index (χ4n) is 1.89. The van der Waals surface area contributed by atoms with Crippen LogP contribution >= 0.6 is 11.6 Å². The van der Waals surface area contributed by atoms with E-state index in [4.69, 9.17) is 16.7 Å². The summed E-state index contributed by atoms with van der Waals surface area (Å²) in [6.07, 6.45) is 1.81. The molecule has 1 amide bonds. The summed E-state index contributed by atoms with van der Waals surface area (Å²) in [5.41, 5.74) is 0.382. The minimum atomic E-state index is -0.963. The number of carbonyl (C=O) groups is 2. The quantitative estimate of drug-likeness (QED) is 0.843. The van der Waals surface area contributed by atoms with Gasteiger partial charge in [0.15, 0.2) is 0 Å². The maximum atomic E-state index is 13.0. The standard InChI is InChI=1S/C13H14ClFN2O3/c14-10-5-8(1-4-11(10)15)16-12(18)6-17(7-13(19)20)9-2-3-9/h1,4-5,9H,2-3,6-7H2,(H,16,18)(H,19,20). The van der Waals surface area contributed by atoms with Crippen LogP contribution in [0.2, 0.25) is 5.02 Å². The Kier molecular flexibility index (Phi) is 4.57. The highest BCUT2D eigenvalue weighted by Crippen LogP contribution is 2.26. The van der Waals surface area contributed by atoms with E-state index < -0.39 is 11.8 Å². The van der Waals surface area contributed by atoms with Crippen molar-refractivity contribution < 1.29 is 19.1 Å². The van der Waals surface area contributed by atoms with Gasteiger partial charge < -0.3 is 10.4 Å². The average Bonchev–Trinajstić information content (AvgIpc) is 3.16. The van der Waals surface area contributed by atoms with E-state index in [9.17, 15) is 14.0 Å². The lowest BCUT2D eigenvalue weighted by atomic mass is 10.3. The average molecular weight is 301 g/mol. The van der Waals surface area contributed by atoms with Crippen molar-refractivity contribution in [2.75, 3.05) is 18.4 Å². The largest absolute Gasteiger partial charge is 0.480 e. The molecule has 0 bridgehead atoms. The van der Waals surface area contributed by atoms with Crippen molar-refractivity contribution in [3.05, 3.63) is 29.0 Å². The lowest BCUT2D eigenvalue weighted by Gasteiger charge is -2.19. The van der Waals surface area contributed by atoms with Crippen LogP contribution in [0.3, 0.4) is 0 Å². The fraction of sp³-hybridized carbons (Fsp3) is 0.385. The van der Waals surface area contributed by atoms with Gasteiger partial charge in [-0.15, -0.1) is 0 Å². The van der Waals surface area contributed by atoms with E-state index in [2.05, 4.69) is 5.32 Å². The highest BCUT2D eigenvalue weighted by molar-refractivity contribution is 6.31. The summed E-state index contributed by atoms with van der Waals surface area (Å²) in [7, 11) is 0. The Morgan fingerprint density at radius 3 is 2.65 bits per heavy atom. The Balaban J connectivity index is 1.93. The molecule has 0 aromatic heterocycles. The van der Waals surface area contributed by atoms with Crippen LogP contribution in [-0.2, 0) is 9.59 Å². The second-order valence-corrected chi connectivity index (χ2v) is 5.11. The van der Waals surface area contributed by atoms with Gasteiger partial charge in [-0.1, -0.05) is 11.6 Å². The molecule has 1 aliphatic carbocycles. The van der Waals surface area contributed by atoms with E-state index in [1.54, 1.807) is 4.90 Å². The fourth-order valence-corrected chi connectivity index (χ4v) is 2.07. The Labute approximate surface area is 120 Å². The minimum Gasteiger partial charge on any atom is -0.480 e. The number of anilines is 1. The van der Waals surface area contributed by atoms with Crippen LogP contribution < -0.4 is 5.32 Å². The molecular formula is C13H14ClFN2O3. The zero-order valence-corrected chi connectivity index (χ0v) is 11.4. The first-order valence-electron chi connectivity index (χ1n) is 6.16. The highest BCUT2D eigenvalue weighted by Gasteiger charge is 2.31. The van der Waals surface area contributed by atoms with Gasteiger partial charge in [-0.05, 0) is 31.0 Å². The third-order valence-corrected chi connectivity index (χ3v) is 3.24. The zero-order valence-electron chi connectivity index (χ0n) is 10.6. The molecule has 1 aliphatic rings. The van der Waals surface area contributed by atoms with Gasteiger partial charge in [0.2, 0.25) is 5.91 Å². The van der Waals surface area contributed by atoms with Crippen molar-refractivity contribution in [1.82, 2.24) is 4.90 Å². The van der Waals surface area contributed by atoms with Gasteiger partial charge in [-0.3, -0.25) is 14.5 Å². The summed E-state index contributed by atoms with van der Waals surface area (Å²) < 4.78 is 13.0. The van der Waals surface area contributed by atoms with E-state index in [0.29, 0.717) is 5.69 Å². The second kappa shape index (κ2) is 6.19. The smallest absolute Gasteiger partial charge is 0.317 e. The van der Waals surface area contributed by atoms with Crippen LogP contribution in [0.4, 0.5) is 10.1 Å². The minimum absolute atomic E-state index is 0.00797. The van der Waals surface area contributed by atoms with Crippen molar-refractivity contribution >= 4 is 29.2 Å². The highest BCUT2D eigenvalue weighted by atomic mass is 35.5. The molecule has 0 saturated heterocycles. The van der Waals surface area contributed by atoms with Crippen LogP contribution in [0.1, 0.15) is 12.8 Å². The monoisotopic (exact) mass is 300 g/mol. The third-order valence-electron chi connectivity index (χ3n) is 2.95. The third kappa shape index (κ3) is 4.18. The molecule has 0 atom stereocenters. The number of halogens is 2. The number of carboxylic acid groups (broad SMARTS) is 1. The first-order valence-corrected chi connectivity index (χ1v) is 6.54. The Hall–Kier alpha value is -1.66. The Bertz CT molecular complexity index is 534. The second-order valence-electron chi connectivity index (χ2n) is 4.71. The summed E-state index contributed by atoms with van der Waals surface area (Å²) in [6, 6.07) is 4.03. The maximum absolute atomic E-state index is 13.0. The normalized spacial score (nSPS) is 14.3. The lowest BCUT2D eigenvalue weighted by molar-refractivity contribution is -0.138. The molecule has 0 radical (unpaired) electrons. The first kappa shape index (κ1) is 14.7. The molecule has 2 rings (SSSR count). The number of rotatable bonds is 6. The van der Waals surface area contributed by atoms with Gasteiger partial charge in [0.05, 0.1) is 18.1 Å². The van der Waals surface area contributed by atoms with Crippen molar-refractivity contribution in [2.24, 2.45) is 0 Å². The number of nitrogens with one attached hydrogen (secondary N) is 1. The first-order chi connectivity index (χ1) is 9.45. The molecule has 108 valence electrons. The molecule has 20 heavy (non-hydrogen) atoms. The Morgan fingerprint density at radius 1 is 1.40 bits per heavy atom. The molecule has 2 N–H and O–H groups in total. The number of hydrogen-bond donors (Lipinski definition) is 2. The Morgan fingerprint density at radius 2 is 2.10 bits per heavy atom. The van der Waals surface area contributed by atoms with Gasteiger partial charge in [-0.25, -0.2) is 4.39 Å². The number of hydrogen-bond acceptors (Lipinski definition) is 3. The van der Waals surface area contributed by atoms with Gasteiger partial charge >= 0.3 is 5.97 Å². The van der Waals surface area contributed by atoms with Gasteiger partial charge in [0.1, 0.15) is 5.82 Å². The van der Waals surface area contributed by atoms with Gasteiger partial charge in [0.25, 0.3) is 0 Å². The SMILES string of the molecule is O=C(O)CN(CC(=O)Nc1ccc(F)c(Cl)c1)C1CC1. The van der Waals surface area contributed by atoms with E-state index in [1.165, 1.54) is 12.1 Å². The van der Waals surface area contributed by atoms with Crippen LogP contribution in [0.15, 0.2) is 18.2 Å². The van der Waals surface area contributed by atoms with Crippen molar-refractivity contribution in [2.45, 2.75) is 18.9 Å². The number of aliphatic carboxylic acids is 1. The molecule has 0 aliphatic heterocycles. The molecule has 1 aromatic carbocycles. The van der Waals surface area contributed by atoms with Gasteiger partial charge in [-0.2, -0.15) is 0 Å². The molecule has 0 unspecified atom stereocenters. The molecule has 0 spiro atoms.